The molecule has 0 aromatic rings. The largest absolute Gasteiger partial charge is 0.509 e. The molecule has 12 heteroatoms. The molecule has 1 aliphatic heterocycles. The van der Waals surface area contributed by atoms with Crippen LogP contribution >= 0.6 is 11.8 Å². The maximum absolute atomic E-state index is 12.2. The smallest absolute Gasteiger partial charge is 0.469 e. The van der Waals surface area contributed by atoms with E-state index in [-0.39, 0.29) is 67.9 Å². The number of hydrogen-bond acceptors (Lipinski definition) is 10. The normalized spacial score (nSPS) is 17.0. The molecule has 174 valence electrons. The highest BCUT2D eigenvalue weighted by molar-refractivity contribution is 8.13. The third-order valence-electron chi connectivity index (χ3n) is 4.24. The predicted molar refractivity (Wildman–Crippen MR) is 109 cm³/mol. The fourth-order valence-corrected chi connectivity index (χ4v) is 3.19. The summed E-state index contributed by atoms with van der Waals surface area (Å²) in [5.41, 5.74) is -0.690. The molecule has 1 aliphatic rings. The molecule has 0 aliphatic carbocycles. The van der Waals surface area contributed by atoms with Crippen LogP contribution in [0.3, 0.4) is 0 Å². The maximum atomic E-state index is 12.2. The number of ether oxygens (including phenoxy) is 3. The van der Waals surface area contributed by atoms with Gasteiger partial charge < -0.3 is 24.8 Å². The third kappa shape index (κ3) is 10.3. The molecule has 1 heterocycles. The van der Waals surface area contributed by atoms with E-state index >= 15 is 0 Å². The molecule has 0 saturated carbocycles. The summed E-state index contributed by atoms with van der Waals surface area (Å²) < 4.78 is 14.1. The number of amides is 2. The zero-order valence-electron chi connectivity index (χ0n) is 17.8. The van der Waals surface area contributed by atoms with Crippen molar-refractivity contribution in [2.45, 2.75) is 45.6 Å². The zero-order valence-corrected chi connectivity index (χ0v) is 18.6. The first-order valence-electron chi connectivity index (χ1n) is 9.67. The van der Waals surface area contributed by atoms with Crippen molar-refractivity contribution in [2.24, 2.45) is 5.41 Å². The van der Waals surface area contributed by atoms with Gasteiger partial charge in [0.15, 0.2) is 11.2 Å². The number of nitrogens with one attached hydrogen (secondary N) is 2. The van der Waals surface area contributed by atoms with Crippen LogP contribution in [0, 0.1) is 5.41 Å². The minimum Gasteiger partial charge on any atom is -0.469 e. The first kappa shape index (κ1) is 26.4. The molecule has 0 spiro atoms. The van der Waals surface area contributed by atoms with Crippen molar-refractivity contribution in [3.05, 3.63) is 0 Å². The molecule has 0 aromatic carbocycles. The van der Waals surface area contributed by atoms with Crippen molar-refractivity contribution in [3.63, 3.8) is 0 Å². The molecule has 2 N–H and O–H groups in total. The quantitative estimate of drug-likeness (QED) is 0.237. The SMILES string of the molecule is COC(=O)CCC(=O)CC(=O)SCCNC(=O)CCNC(=O)[C@@H]1OC(=O)OCC1(C)C. The molecule has 0 unspecified atom stereocenters. The van der Waals surface area contributed by atoms with Crippen LogP contribution in [0.15, 0.2) is 0 Å². The summed E-state index contributed by atoms with van der Waals surface area (Å²) in [4.78, 5) is 69.5. The van der Waals surface area contributed by atoms with E-state index in [9.17, 15) is 28.8 Å². The lowest BCUT2D eigenvalue weighted by atomic mass is 9.86. The van der Waals surface area contributed by atoms with Gasteiger partial charge in [0, 0.05) is 37.1 Å². The highest BCUT2D eigenvalue weighted by atomic mass is 32.2. The molecule has 0 bridgehead atoms. The Hall–Kier alpha value is -2.63. The van der Waals surface area contributed by atoms with Crippen LogP contribution in [0.1, 0.15) is 39.5 Å². The lowest BCUT2D eigenvalue weighted by molar-refractivity contribution is -0.149. The Balaban J connectivity index is 2.16. The second-order valence-corrected chi connectivity index (χ2v) is 8.58. The highest BCUT2D eigenvalue weighted by Gasteiger charge is 2.43. The molecular formula is C19H28N2O9S. The minimum atomic E-state index is -1.01. The molecule has 2 amide bonds. The number of hydrogen-bond donors (Lipinski definition) is 2. The van der Waals surface area contributed by atoms with E-state index < -0.39 is 29.6 Å². The summed E-state index contributed by atoms with van der Waals surface area (Å²) >= 11 is 0.914. The van der Waals surface area contributed by atoms with Crippen molar-refractivity contribution < 1.29 is 43.0 Å². The number of cyclic esters (lactones) is 2. The van der Waals surface area contributed by atoms with Crippen molar-refractivity contribution in [1.29, 1.82) is 0 Å². The Morgan fingerprint density at radius 3 is 2.48 bits per heavy atom. The van der Waals surface area contributed by atoms with Gasteiger partial charge in [0.25, 0.3) is 5.91 Å². The zero-order chi connectivity index (χ0) is 23.4. The Morgan fingerprint density at radius 2 is 1.81 bits per heavy atom. The molecule has 0 radical (unpaired) electrons. The first-order valence-corrected chi connectivity index (χ1v) is 10.7. The molecule has 1 atom stereocenters. The lowest BCUT2D eigenvalue weighted by Gasteiger charge is -2.35. The van der Waals surface area contributed by atoms with Crippen LogP contribution in [-0.4, -0.2) is 73.5 Å². The van der Waals surface area contributed by atoms with Crippen molar-refractivity contribution in [1.82, 2.24) is 10.6 Å². The number of esters is 1. The van der Waals surface area contributed by atoms with Crippen LogP contribution in [0.25, 0.3) is 0 Å². The number of thioether (sulfide) groups is 1. The minimum absolute atomic E-state index is 0.00790. The molecule has 1 saturated heterocycles. The van der Waals surface area contributed by atoms with Gasteiger partial charge in [-0.15, -0.1) is 0 Å². The van der Waals surface area contributed by atoms with Crippen LogP contribution in [0.5, 0.6) is 0 Å². The van der Waals surface area contributed by atoms with Gasteiger partial charge in [-0.3, -0.25) is 24.0 Å². The Kier molecular flexibility index (Phi) is 11.0. The highest BCUT2D eigenvalue weighted by Crippen LogP contribution is 2.28. The van der Waals surface area contributed by atoms with Gasteiger partial charge in [-0.1, -0.05) is 25.6 Å². The van der Waals surface area contributed by atoms with Gasteiger partial charge in [0.05, 0.1) is 20.0 Å². The van der Waals surface area contributed by atoms with Gasteiger partial charge in [0.1, 0.15) is 12.4 Å². The Labute approximate surface area is 184 Å². The predicted octanol–water partition coefficient (Wildman–Crippen LogP) is 0.343. The van der Waals surface area contributed by atoms with E-state index in [1.807, 2.05) is 0 Å². The van der Waals surface area contributed by atoms with E-state index in [1.165, 1.54) is 7.11 Å². The molecule has 1 rings (SSSR count). The van der Waals surface area contributed by atoms with Gasteiger partial charge >= 0.3 is 12.1 Å². The molecule has 31 heavy (non-hydrogen) atoms. The van der Waals surface area contributed by atoms with Crippen LogP contribution in [0.2, 0.25) is 0 Å². The topological polar surface area (TPSA) is 154 Å². The fourth-order valence-electron chi connectivity index (χ4n) is 2.50. The summed E-state index contributed by atoms with van der Waals surface area (Å²) in [7, 11) is 1.22. The van der Waals surface area contributed by atoms with E-state index in [4.69, 9.17) is 9.47 Å². The van der Waals surface area contributed by atoms with Crippen molar-refractivity contribution >= 4 is 46.6 Å². The van der Waals surface area contributed by atoms with Gasteiger partial charge in [-0.05, 0) is 0 Å². The maximum Gasteiger partial charge on any atom is 0.509 e. The summed E-state index contributed by atoms with van der Waals surface area (Å²) in [5.74, 6) is -1.41. The standard InChI is InChI=1S/C19H28N2O9S/c1-19(2)11-29-18(27)30-16(19)17(26)21-7-6-13(23)20-8-9-31-15(25)10-12(22)4-5-14(24)28-3/h16H,4-11H2,1-3H3,(H,20,23)(H,21,26)/t16-/m0/s1. The number of carbonyl (C=O) groups is 6. The molecular weight excluding hydrogens is 432 g/mol. The van der Waals surface area contributed by atoms with Gasteiger partial charge in [0.2, 0.25) is 5.91 Å². The van der Waals surface area contributed by atoms with E-state index in [1.54, 1.807) is 13.8 Å². The summed E-state index contributed by atoms with van der Waals surface area (Å²) in [6, 6.07) is 0. The Morgan fingerprint density at radius 1 is 1.10 bits per heavy atom. The van der Waals surface area contributed by atoms with E-state index in [0.29, 0.717) is 0 Å². The summed E-state index contributed by atoms with van der Waals surface area (Å²) in [6.45, 7) is 3.77. The molecule has 0 aromatic heterocycles. The summed E-state index contributed by atoms with van der Waals surface area (Å²) in [6.07, 6.45) is -2.30. The van der Waals surface area contributed by atoms with Crippen LogP contribution in [-0.2, 0) is 38.2 Å². The van der Waals surface area contributed by atoms with Crippen molar-refractivity contribution in [3.8, 4) is 0 Å². The van der Waals surface area contributed by atoms with Crippen molar-refractivity contribution in [2.75, 3.05) is 32.6 Å². The average Bonchev–Trinajstić information content (AvgIpc) is 2.71. The second kappa shape index (κ2) is 12.9. The number of methoxy groups -OCH3 is 1. The van der Waals surface area contributed by atoms with E-state index in [2.05, 4.69) is 15.4 Å². The lowest BCUT2D eigenvalue weighted by Crippen LogP contribution is -2.52. The fraction of sp³-hybridized carbons (Fsp3) is 0.684. The first-order chi connectivity index (χ1) is 14.5. The monoisotopic (exact) mass is 460 g/mol. The van der Waals surface area contributed by atoms with E-state index in [0.717, 1.165) is 11.8 Å². The number of ketones is 1. The number of rotatable bonds is 12. The van der Waals surface area contributed by atoms with Crippen LogP contribution in [0.4, 0.5) is 4.79 Å². The second-order valence-electron chi connectivity index (χ2n) is 7.43. The molecule has 11 nitrogen and oxygen atoms in total. The molecule has 1 fully saturated rings. The van der Waals surface area contributed by atoms with Gasteiger partial charge in [-0.25, -0.2) is 4.79 Å². The summed E-state index contributed by atoms with van der Waals surface area (Å²) in [5, 5.41) is 4.81. The third-order valence-corrected chi connectivity index (χ3v) is 5.11. The Bertz CT molecular complexity index is 708. The number of carbonyl (C=O) groups excluding carboxylic acids is 6. The van der Waals surface area contributed by atoms with Crippen LogP contribution < -0.4 is 10.6 Å². The number of Topliss-reactive ketones (excluding diaryl/α,β-unsaturated/α-hetero) is 1. The average molecular weight is 461 g/mol. The van der Waals surface area contributed by atoms with Gasteiger partial charge in [-0.2, -0.15) is 0 Å².